The first-order valence-electron chi connectivity index (χ1n) is 6.41. The fourth-order valence-corrected chi connectivity index (χ4v) is 2.31. The molecule has 1 fully saturated rings. The third-order valence-corrected chi connectivity index (χ3v) is 3.58. The molecule has 2 heterocycles. The molecule has 2 rings (SSSR count). The molecule has 1 aromatic heterocycles. The van der Waals surface area contributed by atoms with Gasteiger partial charge in [-0.05, 0) is 18.9 Å². The third kappa shape index (κ3) is 2.74. The first-order chi connectivity index (χ1) is 9.58. The molecule has 1 aromatic rings. The molecule has 8 heteroatoms. The highest BCUT2D eigenvalue weighted by Crippen LogP contribution is 2.31. The first kappa shape index (κ1) is 14.3. The van der Waals surface area contributed by atoms with Gasteiger partial charge >= 0.3 is 0 Å². The SMILES string of the molecule is Cn1ccc(CNC(=O)C2(/C(N)=N/O)CCOCC2)n1. The second-order valence-electron chi connectivity index (χ2n) is 4.84. The predicted molar refractivity (Wildman–Crippen MR) is 70.9 cm³/mol. The standard InChI is InChI=1S/C12H19N5O3/c1-17-5-2-9(15-17)8-14-11(18)12(10(13)16-19)3-6-20-7-4-12/h2,5,19H,3-4,6-8H2,1H3,(H2,13,16)(H,14,18). The van der Waals surface area contributed by atoms with Crippen molar-refractivity contribution in [3.63, 3.8) is 0 Å². The maximum absolute atomic E-state index is 12.4. The lowest BCUT2D eigenvalue weighted by molar-refractivity contribution is -0.131. The molecule has 110 valence electrons. The lowest BCUT2D eigenvalue weighted by Crippen LogP contribution is -2.52. The summed E-state index contributed by atoms with van der Waals surface area (Å²) < 4.78 is 6.91. The Morgan fingerprint density at radius 2 is 2.35 bits per heavy atom. The van der Waals surface area contributed by atoms with E-state index in [1.165, 1.54) is 0 Å². The molecule has 0 aromatic carbocycles. The van der Waals surface area contributed by atoms with Crippen molar-refractivity contribution in [1.82, 2.24) is 15.1 Å². The normalized spacial score (nSPS) is 18.8. The number of amidine groups is 1. The Kier molecular flexibility index (Phi) is 4.23. The molecule has 1 saturated heterocycles. The Hall–Kier alpha value is -2.09. The van der Waals surface area contributed by atoms with Crippen LogP contribution in [0.15, 0.2) is 17.4 Å². The molecular formula is C12H19N5O3. The van der Waals surface area contributed by atoms with E-state index in [-0.39, 0.29) is 11.7 Å². The van der Waals surface area contributed by atoms with Crippen LogP contribution in [0.4, 0.5) is 0 Å². The van der Waals surface area contributed by atoms with Gasteiger partial charge in [0.25, 0.3) is 0 Å². The minimum Gasteiger partial charge on any atom is -0.409 e. The Labute approximate surface area is 116 Å². The summed E-state index contributed by atoms with van der Waals surface area (Å²) in [5.74, 6) is -0.332. The molecule has 0 aliphatic carbocycles. The van der Waals surface area contributed by atoms with E-state index in [4.69, 9.17) is 15.7 Å². The molecule has 1 amide bonds. The van der Waals surface area contributed by atoms with Gasteiger partial charge in [-0.1, -0.05) is 5.16 Å². The van der Waals surface area contributed by atoms with Gasteiger partial charge in [-0.3, -0.25) is 9.48 Å². The van der Waals surface area contributed by atoms with E-state index < -0.39 is 5.41 Å². The summed E-state index contributed by atoms with van der Waals surface area (Å²) in [5.41, 5.74) is 5.47. The predicted octanol–water partition coefficient (Wildman–Crippen LogP) is -0.420. The number of aromatic nitrogens is 2. The summed E-state index contributed by atoms with van der Waals surface area (Å²) >= 11 is 0. The topological polar surface area (TPSA) is 115 Å². The fraction of sp³-hybridized carbons (Fsp3) is 0.583. The van der Waals surface area contributed by atoms with Crippen molar-refractivity contribution in [3.8, 4) is 0 Å². The van der Waals surface area contributed by atoms with Crippen molar-refractivity contribution < 1.29 is 14.7 Å². The second kappa shape index (κ2) is 5.91. The molecule has 20 heavy (non-hydrogen) atoms. The van der Waals surface area contributed by atoms with Crippen LogP contribution in [0.1, 0.15) is 18.5 Å². The number of oxime groups is 1. The van der Waals surface area contributed by atoms with Gasteiger partial charge in [0.2, 0.25) is 5.91 Å². The highest BCUT2D eigenvalue weighted by molar-refractivity contribution is 6.06. The van der Waals surface area contributed by atoms with Crippen molar-refractivity contribution in [2.45, 2.75) is 19.4 Å². The maximum Gasteiger partial charge on any atom is 0.234 e. The van der Waals surface area contributed by atoms with Crippen molar-refractivity contribution >= 4 is 11.7 Å². The van der Waals surface area contributed by atoms with Gasteiger partial charge in [0.1, 0.15) is 5.41 Å². The van der Waals surface area contributed by atoms with E-state index in [0.717, 1.165) is 5.69 Å². The van der Waals surface area contributed by atoms with Crippen LogP contribution in [-0.2, 0) is 23.1 Å². The molecule has 0 bridgehead atoms. The molecule has 1 aliphatic heterocycles. The summed E-state index contributed by atoms with van der Waals surface area (Å²) in [4.78, 5) is 12.4. The van der Waals surface area contributed by atoms with Gasteiger partial charge < -0.3 is 21.0 Å². The number of carbonyl (C=O) groups excluding carboxylic acids is 1. The number of nitrogens with two attached hydrogens (primary N) is 1. The second-order valence-corrected chi connectivity index (χ2v) is 4.84. The maximum atomic E-state index is 12.4. The van der Waals surface area contributed by atoms with Crippen LogP contribution in [0.3, 0.4) is 0 Å². The minimum absolute atomic E-state index is 0.0701. The minimum atomic E-state index is -0.998. The van der Waals surface area contributed by atoms with Crippen molar-refractivity contribution in [3.05, 3.63) is 18.0 Å². The van der Waals surface area contributed by atoms with Crippen molar-refractivity contribution in [2.24, 2.45) is 23.4 Å². The van der Waals surface area contributed by atoms with Crippen LogP contribution in [0.2, 0.25) is 0 Å². The van der Waals surface area contributed by atoms with Gasteiger partial charge in [-0.25, -0.2) is 0 Å². The van der Waals surface area contributed by atoms with E-state index in [1.807, 2.05) is 13.1 Å². The number of hydrogen-bond donors (Lipinski definition) is 3. The van der Waals surface area contributed by atoms with Gasteiger partial charge in [0.05, 0.1) is 12.2 Å². The smallest absolute Gasteiger partial charge is 0.234 e. The summed E-state index contributed by atoms with van der Waals surface area (Å²) in [5, 5.41) is 18.9. The average molecular weight is 281 g/mol. The number of nitrogens with one attached hydrogen (secondary N) is 1. The first-order valence-corrected chi connectivity index (χ1v) is 6.41. The van der Waals surface area contributed by atoms with E-state index >= 15 is 0 Å². The van der Waals surface area contributed by atoms with Gasteiger partial charge in [-0.15, -0.1) is 0 Å². The Morgan fingerprint density at radius 3 is 2.90 bits per heavy atom. The summed E-state index contributed by atoms with van der Waals surface area (Å²) in [7, 11) is 1.81. The number of hydrogen-bond acceptors (Lipinski definition) is 5. The molecule has 4 N–H and O–H groups in total. The van der Waals surface area contributed by atoms with E-state index in [1.54, 1.807) is 10.9 Å². The molecule has 0 unspecified atom stereocenters. The average Bonchev–Trinajstić information content (AvgIpc) is 2.90. The summed E-state index contributed by atoms with van der Waals surface area (Å²) in [6.45, 7) is 1.13. The van der Waals surface area contributed by atoms with E-state index in [2.05, 4.69) is 15.6 Å². The number of ether oxygens (including phenoxy) is 1. The van der Waals surface area contributed by atoms with Crippen LogP contribution in [-0.4, -0.2) is 39.9 Å². The van der Waals surface area contributed by atoms with Crippen molar-refractivity contribution in [2.75, 3.05) is 13.2 Å². The number of amides is 1. The van der Waals surface area contributed by atoms with Gasteiger partial charge in [0.15, 0.2) is 5.84 Å². The largest absolute Gasteiger partial charge is 0.409 e. The fourth-order valence-electron chi connectivity index (χ4n) is 2.31. The Bertz CT molecular complexity index is 505. The van der Waals surface area contributed by atoms with Crippen LogP contribution in [0.25, 0.3) is 0 Å². The van der Waals surface area contributed by atoms with Crippen LogP contribution < -0.4 is 11.1 Å². The summed E-state index contributed by atoms with van der Waals surface area (Å²) in [6.07, 6.45) is 2.60. The molecular weight excluding hydrogens is 262 g/mol. The van der Waals surface area contributed by atoms with Crippen LogP contribution in [0, 0.1) is 5.41 Å². The van der Waals surface area contributed by atoms with Crippen molar-refractivity contribution in [1.29, 1.82) is 0 Å². The zero-order valence-electron chi connectivity index (χ0n) is 11.4. The number of rotatable bonds is 4. The Balaban J connectivity index is 2.07. The molecule has 8 nitrogen and oxygen atoms in total. The number of nitrogens with zero attached hydrogens (tertiary/aromatic N) is 3. The molecule has 1 aliphatic rings. The molecule has 0 radical (unpaired) electrons. The van der Waals surface area contributed by atoms with Crippen LogP contribution in [0.5, 0.6) is 0 Å². The molecule has 0 saturated carbocycles. The van der Waals surface area contributed by atoms with Gasteiger partial charge in [0, 0.05) is 26.5 Å². The number of aryl methyl sites for hydroxylation is 1. The molecule has 0 spiro atoms. The molecule has 0 atom stereocenters. The lowest BCUT2D eigenvalue weighted by atomic mass is 9.78. The van der Waals surface area contributed by atoms with Gasteiger partial charge in [-0.2, -0.15) is 5.10 Å². The van der Waals surface area contributed by atoms with Crippen LogP contribution >= 0.6 is 0 Å². The summed E-state index contributed by atoms with van der Waals surface area (Å²) in [6, 6.07) is 1.82. The Morgan fingerprint density at radius 1 is 1.65 bits per heavy atom. The highest BCUT2D eigenvalue weighted by Gasteiger charge is 2.44. The zero-order chi connectivity index (χ0) is 14.6. The monoisotopic (exact) mass is 281 g/mol. The van der Waals surface area contributed by atoms with E-state index in [9.17, 15) is 4.79 Å². The quantitative estimate of drug-likeness (QED) is 0.300. The lowest BCUT2D eigenvalue weighted by Gasteiger charge is -2.34. The highest BCUT2D eigenvalue weighted by atomic mass is 16.5. The number of carbonyl (C=O) groups is 1. The third-order valence-electron chi connectivity index (χ3n) is 3.58. The van der Waals surface area contributed by atoms with E-state index in [0.29, 0.717) is 32.6 Å². The zero-order valence-corrected chi connectivity index (χ0v) is 11.4.